The van der Waals surface area contributed by atoms with Crippen molar-refractivity contribution in [1.29, 1.82) is 0 Å². The number of halogens is 4. The molecule has 0 spiro atoms. The zero-order valence-electron chi connectivity index (χ0n) is 23.3. The standard InChI is InChI=1S/C23H24F4N6O/c1-13-10-29-32(3)21(13)20-18(26)11-28-23(30-20)33-6-4-14(5-7-33)22(34)31(2)12-15-8-16(24)9-17(25)19(15)27/h8-11,14H,4-7,12H2,1-3H3/i2D3,12D2. The van der Waals surface area contributed by atoms with Crippen LogP contribution >= 0.6 is 0 Å². The third-order valence-electron chi connectivity index (χ3n) is 5.65. The largest absolute Gasteiger partial charge is 0.341 e. The number of hydrogen-bond donors (Lipinski definition) is 0. The van der Waals surface area contributed by atoms with Gasteiger partial charge in [-0.05, 0) is 31.4 Å². The smallest absolute Gasteiger partial charge is 0.226 e. The van der Waals surface area contributed by atoms with Crippen molar-refractivity contribution in [2.75, 3.05) is 25.0 Å². The minimum atomic E-state index is -3.40. The Labute approximate surface area is 201 Å². The number of carbonyl (C=O) groups is 1. The third kappa shape index (κ3) is 4.59. The summed E-state index contributed by atoms with van der Waals surface area (Å²) in [6, 6.07) is 0.505. The predicted octanol–water partition coefficient (Wildman–Crippen LogP) is 3.62. The minimum Gasteiger partial charge on any atom is -0.341 e. The van der Waals surface area contributed by atoms with E-state index < -0.39 is 54.1 Å². The molecule has 1 aliphatic heterocycles. The molecular formula is C23H24F4N6O. The highest BCUT2D eigenvalue weighted by Crippen LogP contribution is 2.28. The van der Waals surface area contributed by atoms with Crippen molar-refractivity contribution in [3.05, 3.63) is 58.9 Å². The summed E-state index contributed by atoms with van der Waals surface area (Å²) in [4.78, 5) is 23.2. The number of aromatic nitrogens is 4. The first kappa shape index (κ1) is 17.9. The molecule has 180 valence electrons. The highest BCUT2D eigenvalue weighted by atomic mass is 19.2. The van der Waals surface area contributed by atoms with Gasteiger partial charge in [0.05, 0.1) is 20.8 Å². The summed E-state index contributed by atoms with van der Waals surface area (Å²) in [6.45, 7) is -4.79. The van der Waals surface area contributed by atoms with Crippen LogP contribution in [0.1, 0.15) is 30.8 Å². The van der Waals surface area contributed by atoms with Crippen LogP contribution in [0.2, 0.25) is 0 Å². The van der Waals surface area contributed by atoms with E-state index in [1.807, 2.05) is 0 Å². The third-order valence-corrected chi connectivity index (χ3v) is 5.65. The zero-order valence-corrected chi connectivity index (χ0v) is 18.3. The van der Waals surface area contributed by atoms with Crippen molar-refractivity contribution < 1.29 is 29.2 Å². The van der Waals surface area contributed by atoms with Gasteiger partial charge in [-0.3, -0.25) is 9.48 Å². The molecule has 0 aliphatic carbocycles. The van der Waals surface area contributed by atoms with Gasteiger partial charge in [-0.1, -0.05) is 0 Å². The average Bonchev–Trinajstić information content (AvgIpc) is 3.18. The number of amides is 1. The average molecular weight is 482 g/mol. The van der Waals surface area contributed by atoms with Crippen molar-refractivity contribution >= 4 is 11.9 Å². The van der Waals surface area contributed by atoms with E-state index in [1.165, 1.54) is 4.68 Å². The van der Waals surface area contributed by atoms with E-state index in [0.29, 0.717) is 17.3 Å². The lowest BCUT2D eigenvalue weighted by Crippen LogP contribution is -2.41. The molecule has 1 aliphatic rings. The van der Waals surface area contributed by atoms with Crippen molar-refractivity contribution in [3.8, 4) is 11.4 Å². The van der Waals surface area contributed by atoms with Crippen LogP contribution in [0.25, 0.3) is 11.4 Å². The van der Waals surface area contributed by atoms with Crippen LogP contribution in [0.15, 0.2) is 24.5 Å². The Kier molecular flexibility index (Phi) is 4.95. The topological polar surface area (TPSA) is 67.2 Å². The van der Waals surface area contributed by atoms with Crippen LogP contribution in [-0.2, 0) is 18.3 Å². The molecule has 0 radical (unpaired) electrons. The molecule has 0 unspecified atom stereocenters. The van der Waals surface area contributed by atoms with Gasteiger partial charge in [0.15, 0.2) is 17.5 Å². The first-order chi connectivity index (χ1) is 18.1. The molecule has 3 heterocycles. The zero-order chi connectivity index (χ0) is 28.9. The normalized spacial score (nSPS) is 17.5. The first-order valence-corrected chi connectivity index (χ1v) is 10.4. The monoisotopic (exact) mass is 481 g/mol. The first-order valence-electron chi connectivity index (χ1n) is 12.9. The molecule has 2 aromatic heterocycles. The molecule has 1 fully saturated rings. The van der Waals surface area contributed by atoms with Gasteiger partial charge in [0.1, 0.15) is 11.5 Å². The summed E-state index contributed by atoms with van der Waals surface area (Å²) in [5.41, 5.74) is -0.0711. The molecule has 3 aromatic rings. The van der Waals surface area contributed by atoms with E-state index in [9.17, 15) is 22.4 Å². The fourth-order valence-electron chi connectivity index (χ4n) is 3.89. The minimum absolute atomic E-state index is 0.0295. The molecular weight excluding hydrogens is 452 g/mol. The van der Waals surface area contributed by atoms with Gasteiger partial charge in [-0.15, -0.1) is 0 Å². The summed E-state index contributed by atoms with van der Waals surface area (Å²) in [7, 11) is 1.64. The summed E-state index contributed by atoms with van der Waals surface area (Å²) < 4.78 is 97.8. The van der Waals surface area contributed by atoms with Crippen LogP contribution in [0, 0.1) is 36.1 Å². The number of rotatable bonds is 5. The fraction of sp³-hybridized carbons (Fsp3) is 0.391. The number of hydrogen-bond acceptors (Lipinski definition) is 5. The number of nitrogens with zero attached hydrogens (tertiary/aromatic N) is 6. The molecule has 34 heavy (non-hydrogen) atoms. The van der Waals surface area contributed by atoms with Gasteiger partial charge in [-0.2, -0.15) is 5.10 Å². The number of benzene rings is 1. The highest BCUT2D eigenvalue weighted by molar-refractivity contribution is 5.79. The van der Waals surface area contributed by atoms with Gasteiger partial charge >= 0.3 is 0 Å². The maximum Gasteiger partial charge on any atom is 0.226 e. The SMILES string of the molecule is [2H]C([2H])([2H])N(C(=O)C1CCN(c2ncc(F)c(-c3c(C)cnn3C)n2)CC1)C([2H])([2H])c1cc(F)cc(F)c1F. The van der Waals surface area contributed by atoms with Crippen molar-refractivity contribution in [2.45, 2.75) is 26.3 Å². The number of anilines is 1. The molecule has 0 atom stereocenters. The van der Waals surface area contributed by atoms with Crippen molar-refractivity contribution in [2.24, 2.45) is 13.0 Å². The van der Waals surface area contributed by atoms with E-state index in [2.05, 4.69) is 15.1 Å². The summed E-state index contributed by atoms with van der Waals surface area (Å²) in [5, 5.41) is 4.09. The van der Waals surface area contributed by atoms with E-state index >= 15 is 0 Å². The predicted molar refractivity (Wildman–Crippen MR) is 117 cm³/mol. The second-order valence-electron chi connectivity index (χ2n) is 7.96. The van der Waals surface area contributed by atoms with Crippen LogP contribution in [-0.4, -0.2) is 50.6 Å². The fourth-order valence-corrected chi connectivity index (χ4v) is 3.89. The maximum absolute atomic E-state index is 14.6. The molecule has 0 bridgehead atoms. The van der Waals surface area contributed by atoms with Crippen LogP contribution < -0.4 is 4.90 Å². The molecule has 1 aromatic carbocycles. The Balaban J connectivity index is 1.57. The number of carbonyl (C=O) groups excluding carboxylic acids is 1. The Bertz CT molecular complexity index is 1390. The maximum atomic E-state index is 14.6. The molecule has 1 amide bonds. The number of piperidine rings is 1. The Morgan fingerprint density at radius 1 is 1.21 bits per heavy atom. The van der Waals surface area contributed by atoms with Crippen LogP contribution in [0.5, 0.6) is 0 Å². The highest BCUT2D eigenvalue weighted by Gasteiger charge is 2.29. The summed E-state index contributed by atoms with van der Waals surface area (Å²) in [5.74, 6) is -7.54. The van der Waals surface area contributed by atoms with Crippen molar-refractivity contribution in [1.82, 2.24) is 24.6 Å². The van der Waals surface area contributed by atoms with Gasteiger partial charge in [0.2, 0.25) is 11.9 Å². The molecule has 0 N–H and O–H groups in total. The summed E-state index contributed by atoms with van der Waals surface area (Å²) in [6.07, 6.45) is 2.64. The Hall–Kier alpha value is -3.50. The van der Waals surface area contributed by atoms with Gasteiger partial charge in [-0.25, -0.2) is 27.5 Å². The lowest BCUT2D eigenvalue weighted by Gasteiger charge is -2.33. The Morgan fingerprint density at radius 2 is 1.94 bits per heavy atom. The summed E-state index contributed by atoms with van der Waals surface area (Å²) >= 11 is 0. The van der Waals surface area contributed by atoms with Gasteiger partial charge in [0.25, 0.3) is 0 Å². The van der Waals surface area contributed by atoms with E-state index in [4.69, 9.17) is 6.85 Å². The molecule has 7 nitrogen and oxygen atoms in total. The molecule has 4 rings (SSSR count). The van der Waals surface area contributed by atoms with Crippen LogP contribution in [0.3, 0.4) is 0 Å². The van der Waals surface area contributed by atoms with Crippen LogP contribution in [0.4, 0.5) is 23.5 Å². The number of aryl methyl sites for hydroxylation is 2. The second kappa shape index (κ2) is 9.40. The van der Waals surface area contributed by atoms with E-state index in [0.717, 1.165) is 6.20 Å². The van der Waals surface area contributed by atoms with E-state index in [-0.39, 0.29) is 48.5 Å². The van der Waals surface area contributed by atoms with Gasteiger partial charge < -0.3 is 9.80 Å². The quantitative estimate of drug-likeness (QED) is 0.412. The second-order valence-corrected chi connectivity index (χ2v) is 7.96. The molecule has 1 saturated heterocycles. The van der Waals surface area contributed by atoms with Gasteiger partial charge in [0, 0.05) is 55.3 Å². The van der Waals surface area contributed by atoms with Crippen molar-refractivity contribution in [3.63, 3.8) is 0 Å². The molecule has 0 saturated carbocycles. The lowest BCUT2D eigenvalue weighted by atomic mass is 9.95. The lowest BCUT2D eigenvalue weighted by molar-refractivity contribution is -0.135. The molecule has 11 heteroatoms. The van der Waals surface area contributed by atoms with E-state index in [1.54, 1.807) is 25.1 Å². The Morgan fingerprint density at radius 3 is 2.59 bits per heavy atom.